The van der Waals surface area contributed by atoms with Crippen molar-refractivity contribution < 1.29 is 18.3 Å². The monoisotopic (exact) mass is 433 g/mol. The maximum absolute atomic E-state index is 13.0. The molecule has 0 aliphatic carbocycles. The van der Waals surface area contributed by atoms with E-state index in [9.17, 15) is 13.6 Å². The van der Waals surface area contributed by atoms with E-state index < -0.39 is 12.1 Å². The van der Waals surface area contributed by atoms with E-state index in [1.54, 1.807) is 30.7 Å². The van der Waals surface area contributed by atoms with Crippen LogP contribution in [0.4, 0.5) is 20.4 Å². The first kappa shape index (κ1) is 20.4. The van der Waals surface area contributed by atoms with Crippen molar-refractivity contribution in [3.63, 3.8) is 0 Å². The molecule has 4 heterocycles. The smallest absolute Gasteiger partial charge is 0.335 e. The van der Waals surface area contributed by atoms with E-state index in [2.05, 4.69) is 15.4 Å². The van der Waals surface area contributed by atoms with E-state index in [1.165, 1.54) is 12.3 Å². The molecule has 0 aromatic carbocycles. The highest BCUT2D eigenvalue weighted by Crippen LogP contribution is 2.46. The molecule has 10 heteroatoms. The van der Waals surface area contributed by atoms with Gasteiger partial charge in [-0.25, -0.2) is 4.98 Å². The topological polar surface area (TPSA) is 72.3 Å². The van der Waals surface area contributed by atoms with Crippen molar-refractivity contribution in [2.45, 2.75) is 25.9 Å². The zero-order chi connectivity index (χ0) is 21.5. The summed E-state index contributed by atoms with van der Waals surface area (Å²) in [7, 11) is 1.62. The number of hydrogen-bond donors (Lipinski definition) is 1. The number of pyridine rings is 1. The fourth-order valence-electron chi connectivity index (χ4n) is 3.58. The van der Waals surface area contributed by atoms with Crippen molar-refractivity contribution in [3.05, 3.63) is 47.1 Å². The van der Waals surface area contributed by atoms with Crippen LogP contribution >= 0.6 is 11.3 Å². The number of ether oxygens (including phenoxy) is 1. The van der Waals surface area contributed by atoms with E-state index in [1.807, 2.05) is 30.9 Å². The van der Waals surface area contributed by atoms with Gasteiger partial charge >= 0.3 is 6.55 Å². The number of anilines is 2. The quantitative estimate of drug-likeness (QED) is 0.595. The van der Waals surface area contributed by atoms with Gasteiger partial charge in [0.2, 0.25) is 0 Å². The number of methoxy groups -OCH3 is 1. The van der Waals surface area contributed by atoms with Gasteiger partial charge in [-0.3, -0.25) is 4.79 Å². The summed E-state index contributed by atoms with van der Waals surface area (Å²) in [5.74, 6) is 0.548. The number of aromatic nitrogens is 3. The molecule has 0 saturated carbocycles. The van der Waals surface area contributed by atoms with Crippen LogP contribution in [0.25, 0.3) is 10.4 Å². The van der Waals surface area contributed by atoms with Gasteiger partial charge in [0.1, 0.15) is 11.6 Å². The molecule has 1 aliphatic heterocycles. The molecule has 0 atom stereocenters. The second-order valence-electron chi connectivity index (χ2n) is 7.36. The Morgan fingerprint density at radius 3 is 2.77 bits per heavy atom. The first-order chi connectivity index (χ1) is 14.3. The van der Waals surface area contributed by atoms with Gasteiger partial charge in [0.15, 0.2) is 0 Å². The van der Waals surface area contributed by atoms with Gasteiger partial charge < -0.3 is 15.0 Å². The van der Waals surface area contributed by atoms with Gasteiger partial charge in [-0.1, -0.05) is 0 Å². The largest absolute Gasteiger partial charge is 0.383 e. The summed E-state index contributed by atoms with van der Waals surface area (Å²) < 4.78 is 31.8. The van der Waals surface area contributed by atoms with Gasteiger partial charge in [0.25, 0.3) is 5.91 Å². The van der Waals surface area contributed by atoms with E-state index in [4.69, 9.17) is 4.74 Å². The third-order valence-corrected chi connectivity index (χ3v) is 6.61. The summed E-state index contributed by atoms with van der Waals surface area (Å²) in [5.41, 5.74) is 1.12. The van der Waals surface area contributed by atoms with Crippen LogP contribution in [-0.4, -0.2) is 45.8 Å². The van der Waals surface area contributed by atoms with E-state index in [0.29, 0.717) is 29.2 Å². The lowest BCUT2D eigenvalue weighted by atomic mass is 10.0. The molecule has 0 bridgehead atoms. The molecule has 1 amide bonds. The highest BCUT2D eigenvalue weighted by molar-refractivity contribution is 7.16. The Bertz CT molecular complexity index is 1080. The molecule has 4 rings (SSSR count). The summed E-state index contributed by atoms with van der Waals surface area (Å²) in [6.07, 6.45) is 2.90. The van der Waals surface area contributed by atoms with E-state index in [-0.39, 0.29) is 11.7 Å². The summed E-state index contributed by atoms with van der Waals surface area (Å²) >= 11 is 1.55. The summed E-state index contributed by atoms with van der Waals surface area (Å²) in [6, 6.07) is 6.94. The maximum Gasteiger partial charge on any atom is 0.335 e. The molecular formula is C20H21F2N5O2S. The Kier molecular flexibility index (Phi) is 5.29. The molecule has 0 spiro atoms. The number of rotatable bonds is 7. The fourth-order valence-corrected chi connectivity index (χ4v) is 4.84. The van der Waals surface area contributed by atoms with Crippen LogP contribution in [0.5, 0.6) is 0 Å². The minimum absolute atomic E-state index is 0.0113. The Morgan fingerprint density at radius 2 is 2.07 bits per heavy atom. The van der Waals surface area contributed by atoms with Crippen LogP contribution in [-0.2, 0) is 10.3 Å². The lowest BCUT2D eigenvalue weighted by molar-refractivity contribution is 0.0526. The van der Waals surface area contributed by atoms with Gasteiger partial charge in [-0.05, 0) is 37.6 Å². The number of nitrogens with one attached hydrogen (secondary N) is 1. The molecule has 158 valence electrons. The van der Waals surface area contributed by atoms with Crippen molar-refractivity contribution in [1.29, 1.82) is 0 Å². The van der Waals surface area contributed by atoms with Crippen molar-refractivity contribution in [3.8, 4) is 10.4 Å². The van der Waals surface area contributed by atoms with Crippen LogP contribution in [0.3, 0.4) is 0 Å². The number of halogens is 2. The molecule has 7 nitrogen and oxygen atoms in total. The molecule has 0 unspecified atom stereocenters. The average Bonchev–Trinajstić information content (AvgIpc) is 3.39. The highest BCUT2D eigenvalue weighted by Gasteiger charge is 2.44. The molecule has 1 aliphatic rings. The van der Waals surface area contributed by atoms with Crippen LogP contribution < -0.4 is 5.32 Å². The van der Waals surface area contributed by atoms with E-state index in [0.717, 1.165) is 15.3 Å². The highest BCUT2D eigenvalue weighted by atomic mass is 32.1. The molecule has 0 saturated heterocycles. The van der Waals surface area contributed by atoms with Crippen molar-refractivity contribution in [2.24, 2.45) is 0 Å². The summed E-state index contributed by atoms with van der Waals surface area (Å²) in [5, 5.41) is 6.48. The molecule has 1 N–H and O–H groups in total. The van der Waals surface area contributed by atoms with Crippen LogP contribution in [0.2, 0.25) is 0 Å². The molecule has 30 heavy (non-hydrogen) atoms. The van der Waals surface area contributed by atoms with Gasteiger partial charge in [0, 0.05) is 35.7 Å². The molecule has 0 fully saturated rings. The minimum atomic E-state index is -2.75. The zero-order valence-corrected chi connectivity index (χ0v) is 17.5. The molecule has 0 radical (unpaired) electrons. The number of thiophene rings is 1. The number of fused-ring (bicyclic) bond motifs is 1. The van der Waals surface area contributed by atoms with Crippen molar-refractivity contribution in [2.75, 3.05) is 25.6 Å². The van der Waals surface area contributed by atoms with Crippen molar-refractivity contribution in [1.82, 2.24) is 19.7 Å². The Hall–Kier alpha value is -2.85. The van der Waals surface area contributed by atoms with Crippen LogP contribution in [0.1, 0.15) is 35.6 Å². The second-order valence-corrected chi connectivity index (χ2v) is 8.41. The second kappa shape index (κ2) is 7.77. The first-order valence-corrected chi connectivity index (χ1v) is 10.1. The Balaban J connectivity index is 1.62. The maximum atomic E-state index is 13.0. The van der Waals surface area contributed by atoms with Crippen LogP contribution in [0.15, 0.2) is 36.7 Å². The number of amides is 1. The third kappa shape index (κ3) is 3.46. The SMILES string of the molecule is COCCN1C(=O)c2cc(-c3ccnc(Nc4ccnn4C(F)F)c3)sc2C1(C)C. The number of alkyl halides is 2. The van der Waals surface area contributed by atoms with Crippen LogP contribution in [0, 0.1) is 0 Å². The van der Waals surface area contributed by atoms with E-state index >= 15 is 0 Å². The number of hydrogen-bond acceptors (Lipinski definition) is 6. The first-order valence-electron chi connectivity index (χ1n) is 9.33. The van der Waals surface area contributed by atoms with Crippen molar-refractivity contribution >= 4 is 28.9 Å². The molecule has 3 aromatic heterocycles. The predicted octanol–water partition coefficient (Wildman–Crippen LogP) is 4.48. The Labute approximate surface area is 176 Å². The average molecular weight is 433 g/mol. The lowest BCUT2D eigenvalue weighted by Gasteiger charge is -2.32. The predicted molar refractivity (Wildman–Crippen MR) is 110 cm³/mol. The number of nitrogens with zero attached hydrogens (tertiary/aromatic N) is 4. The minimum Gasteiger partial charge on any atom is -0.383 e. The number of carbonyl (C=O) groups is 1. The zero-order valence-electron chi connectivity index (χ0n) is 16.7. The summed E-state index contributed by atoms with van der Waals surface area (Å²) in [6.45, 7) is 2.31. The van der Waals surface area contributed by atoms with Gasteiger partial charge in [-0.15, -0.1) is 11.3 Å². The number of carbonyl (C=O) groups excluding carboxylic acids is 1. The third-order valence-electron chi connectivity index (χ3n) is 5.11. The fraction of sp³-hybridized carbons (Fsp3) is 0.350. The van der Waals surface area contributed by atoms with Gasteiger partial charge in [0.05, 0.1) is 23.9 Å². The molecular weight excluding hydrogens is 412 g/mol. The molecule has 3 aromatic rings. The summed E-state index contributed by atoms with van der Waals surface area (Å²) in [4.78, 5) is 20.9. The van der Waals surface area contributed by atoms with Gasteiger partial charge in [-0.2, -0.15) is 18.6 Å². The lowest BCUT2D eigenvalue weighted by Crippen LogP contribution is -2.41. The normalized spacial score (nSPS) is 15.1. The standard InChI is InChI=1S/C20H21F2N5O2S/c1-20(2)17-13(18(28)26(20)8-9-29-3)11-14(30-17)12-4-6-23-15(10-12)25-16-5-7-24-27(16)19(21)22/h4-7,10-11,19H,8-9H2,1-3H3,(H,23,25). The Morgan fingerprint density at radius 1 is 1.27 bits per heavy atom.